The first-order valence-electron chi connectivity index (χ1n) is 19.8. The van der Waals surface area contributed by atoms with Gasteiger partial charge in [-0.1, -0.05) is 188 Å². The fourth-order valence-corrected chi connectivity index (χ4v) is 8.78. The van der Waals surface area contributed by atoms with Crippen molar-refractivity contribution in [2.24, 2.45) is 0 Å². The Kier molecular flexibility index (Phi) is 8.19. The summed E-state index contributed by atoms with van der Waals surface area (Å²) in [5.74, 6) is 0. The molecular weight excluding hydrogens is 703 g/mol. The molecule has 272 valence electrons. The Morgan fingerprint density at radius 2 is 0.845 bits per heavy atom. The SMILES string of the molecule is c1ccc(-c2ccccc2N(c2cccc(-c3cccc(-c4cccc5c4oc4ccc6ccccc6c45)c3)c2)c2ccccc2-c2cccc3ccccc23)cc1. The molecule has 0 aliphatic rings. The Hall–Kier alpha value is -7.68. The van der Waals surface area contributed by atoms with Crippen LogP contribution in [0.4, 0.5) is 17.1 Å². The first kappa shape index (κ1) is 33.6. The van der Waals surface area contributed by atoms with Gasteiger partial charge in [0.2, 0.25) is 0 Å². The van der Waals surface area contributed by atoms with E-state index in [0.29, 0.717) is 0 Å². The second-order valence-electron chi connectivity index (χ2n) is 14.8. The van der Waals surface area contributed by atoms with Crippen molar-refractivity contribution in [1.29, 1.82) is 0 Å². The third-order valence-electron chi connectivity index (χ3n) is 11.5. The molecule has 0 bridgehead atoms. The van der Waals surface area contributed by atoms with Gasteiger partial charge in [0.25, 0.3) is 0 Å². The highest BCUT2D eigenvalue weighted by molar-refractivity contribution is 6.20. The van der Waals surface area contributed by atoms with Gasteiger partial charge in [-0.25, -0.2) is 0 Å². The molecule has 0 unspecified atom stereocenters. The molecule has 10 aromatic carbocycles. The molecule has 0 aliphatic heterocycles. The third-order valence-corrected chi connectivity index (χ3v) is 11.5. The summed E-state index contributed by atoms with van der Waals surface area (Å²) in [6, 6.07) is 80.6. The quantitative estimate of drug-likeness (QED) is 0.162. The van der Waals surface area contributed by atoms with E-state index in [1.165, 1.54) is 43.6 Å². The van der Waals surface area contributed by atoms with E-state index in [0.717, 1.165) is 61.4 Å². The zero-order chi connectivity index (χ0) is 38.4. The summed E-state index contributed by atoms with van der Waals surface area (Å²) in [5, 5.41) is 7.17. The van der Waals surface area contributed by atoms with Gasteiger partial charge in [0.15, 0.2) is 0 Å². The fourth-order valence-electron chi connectivity index (χ4n) is 8.78. The molecule has 0 radical (unpaired) electrons. The van der Waals surface area contributed by atoms with E-state index in [1.54, 1.807) is 0 Å². The molecule has 0 saturated heterocycles. The fraction of sp³-hybridized carbons (Fsp3) is 0. The lowest BCUT2D eigenvalue weighted by Crippen LogP contribution is -2.12. The van der Waals surface area contributed by atoms with Crippen molar-refractivity contribution in [3.05, 3.63) is 224 Å². The van der Waals surface area contributed by atoms with Crippen LogP contribution in [0.2, 0.25) is 0 Å². The number of hydrogen-bond donors (Lipinski definition) is 0. The van der Waals surface area contributed by atoms with E-state index in [2.05, 4.69) is 229 Å². The van der Waals surface area contributed by atoms with Crippen molar-refractivity contribution in [2.45, 2.75) is 0 Å². The van der Waals surface area contributed by atoms with Crippen molar-refractivity contribution in [3.63, 3.8) is 0 Å². The van der Waals surface area contributed by atoms with Crippen LogP contribution in [0.3, 0.4) is 0 Å². The summed E-state index contributed by atoms with van der Waals surface area (Å²) in [6.45, 7) is 0. The molecule has 58 heavy (non-hydrogen) atoms. The van der Waals surface area contributed by atoms with Crippen molar-refractivity contribution in [3.8, 4) is 44.5 Å². The lowest BCUT2D eigenvalue weighted by molar-refractivity contribution is 0.670. The third kappa shape index (κ3) is 5.74. The molecule has 2 nitrogen and oxygen atoms in total. The molecule has 1 heterocycles. The zero-order valence-corrected chi connectivity index (χ0v) is 31.7. The van der Waals surface area contributed by atoms with Crippen LogP contribution < -0.4 is 4.90 Å². The smallest absolute Gasteiger partial charge is 0.143 e. The lowest BCUT2D eigenvalue weighted by Gasteiger charge is -2.30. The monoisotopic (exact) mass is 739 g/mol. The van der Waals surface area contributed by atoms with Gasteiger partial charge in [0.1, 0.15) is 11.2 Å². The van der Waals surface area contributed by atoms with Gasteiger partial charge in [-0.3, -0.25) is 0 Å². The number of fused-ring (bicyclic) bond motifs is 6. The highest BCUT2D eigenvalue weighted by Crippen LogP contribution is 2.47. The molecule has 0 atom stereocenters. The Morgan fingerprint density at radius 3 is 1.69 bits per heavy atom. The minimum atomic E-state index is 0.907. The largest absolute Gasteiger partial charge is 0.455 e. The van der Waals surface area contributed by atoms with Gasteiger partial charge < -0.3 is 9.32 Å². The summed E-state index contributed by atoms with van der Waals surface area (Å²) in [5.41, 5.74) is 14.3. The van der Waals surface area contributed by atoms with Crippen molar-refractivity contribution in [1.82, 2.24) is 0 Å². The summed E-state index contributed by atoms with van der Waals surface area (Å²) >= 11 is 0. The van der Waals surface area contributed by atoms with E-state index in [1.807, 2.05) is 0 Å². The predicted molar refractivity (Wildman–Crippen MR) is 245 cm³/mol. The summed E-state index contributed by atoms with van der Waals surface area (Å²) in [6.07, 6.45) is 0. The number of nitrogens with zero attached hydrogens (tertiary/aromatic N) is 1. The number of benzene rings is 10. The van der Waals surface area contributed by atoms with Crippen LogP contribution in [0.25, 0.3) is 88.0 Å². The van der Waals surface area contributed by atoms with Crippen LogP contribution in [0.5, 0.6) is 0 Å². The molecule has 0 spiro atoms. The molecule has 1 aromatic heterocycles. The molecular formula is C56H37NO. The second kappa shape index (κ2) is 14.1. The highest BCUT2D eigenvalue weighted by Gasteiger charge is 2.22. The summed E-state index contributed by atoms with van der Waals surface area (Å²) < 4.78 is 6.66. The van der Waals surface area contributed by atoms with E-state index in [4.69, 9.17) is 4.42 Å². The van der Waals surface area contributed by atoms with Crippen LogP contribution >= 0.6 is 0 Å². The van der Waals surface area contributed by atoms with Crippen molar-refractivity contribution in [2.75, 3.05) is 4.90 Å². The number of hydrogen-bond acceptors (Lipinski definition) is 2. The molecule has 0 fully saturated rings. The molecule has 11 rings (SSSR count). The molecule has 0 aliphatic carbocycles. The first-order chi connectivity index (χ1) is 28.8. The normalized spacial score (nSPS) is 11.4. The van der Waals surface area contributed by atoms with Gasteiger partial charge in [-0.15, -0.1) is 0 Å². The van der Waals surface area contributed by atoms with Gasteiger partial charge in [-0.05, 0) is 85.8 Å². The van der Waals surface area contributed by atoms with Gasteiger partial charge in [-0.2, -0.15) is 0 Å². The van der Waals surface area contributed by atoms with E-state index in [-0.39, 0.29) is 0 Å². The zero-order valence-electron chi connectivity index (χ0n) is 31.7. The lowest BCUT2D eigenvalue weighted by atomic mass is 9.94. The maximum atomic E-state index is 6.66. The first-order valence-corrected chi connectivity index (χ1v) is 19.8. The molecule has 2 heteroatoms. The minimum absolute atomic E-state index is 0.907. The molecule has 0 N–H and O–H groups in total. The van der Waals surface area contributed by atoms with Crippen LogP contribution in [0.1, 0.15) is 0 Å². The number of para-hydroxylation sites is 3. The predicted octanol–water partition coefficient (Wildman–Crippen LogP) is 16.0. The van der Waals surface area contributed by atoms with Crippen molar-refractivity contribution >= 4 is 60.5 Å². The second-order valence-corrected chi connectivity index (χ2v) is 14.8. The average molecular weight is 740 g/mol. The Balaban J connectivity index is 1.08. The van der Waals surface area contributed by atoms with Gasteiger partial charge in [0.05, 0.1) is 11.4 Å². The minimum Gasteiger partial charge on any atom is -0.455 e. The van der Waals surface area contributed by atoms with Gasteiger partial charge >= 0.3 is 0 Å². The van der Waals surface area contributed by atoms with E-state index >= 15 is 0 Å². The summed E-state index contributed by atoms with van der Waals surface area (Å²) in [4.78, 5) is 2.44. The summed E-state index contributed by atoms with van der Waals surface area (Å²) in [7, 11) is 0. The topological polar surface area (TPSA) is 16.4 Å². The van der Waals surface area contributed by atoms with E-state index in [9.17, 15) is 0 Å². The molecule has 11 aromatic rings. The highest BCUT2D eigenvalue weighted by atomic mass is 16.3. The Morgan fingerprint density at radius 1 is 0.310 bits per heavy atom. The number of furan rings is 1. The van der Waals surface area contributed by atoms with Gasteiger partial charge in [0, 0.05) is 33.2 Å². The number of anilines is 3. The standard InChI is InChI=1S/C56H37NO/c1-2-16-39(17-3-1)46-26-8-10-32-52(46)57(53-33-11-9-28-50(53)49-30-14-20-38-18-4-6-25-45(38)49)44-24-13-22-42(37-44)41-21-12-23-43(36-41)48-29-15-31-51-55-47-27-7-5-19-40(47)34-35-54(55)58-56(48)51/h1-37H. The van der Waals surface area contributed by atoms with Crippen molar-refractivity contribution < 1.29 is 4.42 Å². The Labute approximate surface area is 337 Å². The van der Waals surface area contributed by atoms with E-state index < -0.39 is 0 Å². The molecule has 0 amide bonds. The van der Waals surface area contributed by atoms with Crippen LogP contribution in [0.15, 0.2) is 229 Å². The Bertz CT molecular complexity index is 3300. The average Bonchev–Trinajstić information content (AvgIpc) is 3.70. The maximum Gasteiger partial charge on any atom is 0.143 e. The van der Waals surface area contributed by atoms with Crippen LogP contribution in [-0.4, -0.2) is 0 Å². The van der Waals surface area contributed by atoms with Crippen LogP contribution in [0, 0.1) is 0 Å². The number of rotatable bonds is 7. The van der Waals surface area contributed by atoms with Crippen LogP contribution in [-0.2, 0) is 0 Å². The molecule has 0 saturated carbocycles. The maximum absolute atomic E-state index is 6.66.